The average Bonchev–Trinajstić information content (AvgIpc) is 3.35. The third-order valence-corrected chi connectivity index (χ3v) is 6.47. The van der Waals surface area contributed by atoms with Crippen LogP contribution in [0.5, 0.6) is 11.5 Å². The number of nitrogens with zero attached hydrogens (tertiary/aromatic N) is 4. The largest absolute Gasteiger partial charge is 0.496 e. The molecule has 3 aromatic carbocycles. The van der Waals surface area contributed by atoms with Crippen LogP contribution in [-0.2, 0) is 0 Å². The van der Waals surface area contributed by atoms with Gasteiger partial charge >= 0.3 is 0 Å². The summed E-state index contributed by atoms with van der Waals surface area (Å²) >= 11 is 0. The number of hydrogen-bond acceptors (Lipinski definition) is 6. The smallest absolute Gasteiger partial charge is 0.226 e. The monoisotopic (exact) mass is 451 g/mol. The van der Waals surface area contributed by atoms with Gasteiger partial charge in [-0.05, 0) is 35.9 Å². The fourth-order valence-corrected chi connectivity index (χ4v) is 4.83. The molecule has 3 heterocycles. The molecule has 0 fully saturated rings. The molecular formula is C27H25N5O2. The van der Waals surface area contributed by atoms with Crippen LogP contribution in [0.4, 0.5) is 11.6 Å². The van der Waals surface area contributed by atoms with E-state index in [9.17, 15) is 0 Å². The van der Waals surface area contributed by atoms with Crippen LogP contribution in [0.2, 0.25) is 0 Å². The van der Waals surface area contributed by atoms with Gasteiger partial charge in [-0.1, -0.05) is 42.5 Å². The molecular weight excluding hydrogens is 426 g/mol. The molecule has 4 aromatic rings. The van der Waals surface area contributed by atoms with Crippen LogP contribution in [-0.4, -0.2) is 36.0 Å². The minimum atomic E-state index is -0.371. The highest BCUT2D eigenvalue weighted by atomic mass is 16.5. The van der Waals surface area contributed by atoms with Gasteiger partial charge in [0.25, 0.3) is 0 Å². The van der Waals surface area contributed by atoms with Crippen LogP contribution >= 0.6 is 0 Å². The second-order valence-electron chi connectivity index (χ2n) is 8.61. The number of para-hydroxylation sites is 2. The lowest BCUT2D eigenvalue weighted by molar-refractivity contribution is 0.217. The van der Waals surface area contributed by atoms with Gasteiger partial charge in [0.1, 0.15) is 23.9 Å². The lowest BCUT2D eigenvalue weighted by atomic mass is 9.84. The average molecular weight is 452 g/mol. The van der Waals surface area contributed by atoms with E-state index in [1.165, 1.54) is 0 Å². The molecule has 6 rings (SSSR count). The molecule has 0 saturated heterocycles. The minimum absolute atomic E-state index is 0.201. The molecule has 0 saturated carbocycles. The number of methoxy groups -OCH3 is 1. The quantitative estimate of drug-likeness (QED) is 0.476. The predicted molar refractivity (Wildman–Crippen MR) is 132 cm³/mol. The summed E-state index contributed by atoms with van der Waals surface area (Å²) in [5.41, 5.74) is 6.28. The molecule has 0 amide bonds. The molecule has 0 spiro atoms. The number of rotatable bonds is 4. The summed E-state index contributed by atoms with van der Waals surface area (Å²) in [6, 6.07) is 24.5. The highest BCUT2D eigenvalue weighted by Crippen LogP contribution is 2.51. The molecule has 7 heteroatoms. The van der Waals surface area contributed by atoms with Crippen LogP contribution in [0.3, 0.4) is 0 Å². The summed E-state index contributed by atoms with van der Waals surface area (Å²) in [7, 11) is 5.77. The first-order chi connectivity index (χ1) is 16.7. The Morgan fingerprint density at radius 2 is 1.74 bits per heavy atom. The summed E-state index contributed by atoms with van der Waals surface area (Å²) in [5, 5.41) is 8.14. The summed E-state index contributed by atoms with van der Waals surface area (Å²) in [6.07, 6.45) is 1.22. The maximum Gasteiger partial charge on any atom is 0.226 e. The number of nitrogens with one attached hydrogen (secondary N) is 1. The van der Waals surface area contributed by atoms with Crippen molar-refractivity contribution in [2.75, 3.05) is 31.4 Å². The van der Waals surface area contributed by atoms with E-state index in [1.807, 2.05) is 55.2 Å². The van der Waals surface area contributed by atoms with Crippen LogP contribution in [0.25, 0.3) is 5.70 Å². The highest BCUT2D eigenvalue weighted by molar-refractivity contribution is 5.85. The van der Waals surface area contributed by atoms with E-state index in [0.717, 1.165) is 45.1 Å². The Morgan fingerprint density at radius 1 is 0.971 bits per heavy atom. The Labute approximate surface area is 198 Å². The van der Waals surface area contributed by atoms with E-state index in [1.54, 1.807) is 13.4 Å². The van der Waals surface area contributed by atoms with E-state index in [4.69, 9.17) is 9.47 Å². The van der Waals surface area contributed by atoms with Crippen LogP contribution in [0.15, 0.2) is 84.7 Å². The van der Waals surface area contributed by atoms with Crippen LogP contribution < -0.4 is 19.7 Å². The van der Waals surface area contributed by atoms with Gasteiger partial charge in [0, 0.05) is 36.5 Å². The van der Waals surface area contributed by atoms with Crippen molar-refractivity contribution in [1.29, 1.82) is 0 Å². The predicted octanol–water partition coefficient (Wildman–Crippen LogP) is 4.91. The van der Waals surface area contributed by atoms with E-state index >= 15 is 0 Å². The molecule has 2 aliphatic heterocycles. The van der Waals surface area contributed by atoms with Crippen molar-refractivity contribution in [2.45, 2.75) is 12.1 Å². The van der Waals surface area contributed by atoms with Crippen molar-refractivity contribution < 1.29 is 9.47 Å². The zero-order valence-electron chi connectivity index (χ0n) is 19.3. The normalized spacial score (nSPS) is 18.2. The van der Waals surface area contributed by atoms with Crippen molar-refractivity contribution in [3.8, 4) is 11.5 Å². The van der Waals surface area contributed by atoms with Crippen LogP contribution in [0, 0.1) is 0 Å². The second-order valence-corrected chi connectivity index (χ2v) is 8.61. The van der Waals surface area contributed by atoms with Gasteiger partial charge in [-0.2, -0.15) is 10.1 Å². The topological polar surface area (TPSA) is 64.4 Å². The Hall–Kier alpha value is -4.26. The Bertz CT molecular complexity index is 1390. The van der Waals surface area contributed by atoms with Gasteiger partial charge in [0.15, 0.2) is 6.10 Å². The lowest BCUT2D eigenvalue weighted by Crippen LogP contribution is -2.32. The van der Waals surface area contributed by atoms with E-state index in [-0.39, 0.29) is 12.1 Å². The Morgan fingerprint density at radius 3 is 2.53 bits per heavy atom. The molecule has 1 aromatic heterocycles. The van der Waals surface area contributed by atoms with Gasteiger partial charge in [-0.15, -0.1) is 0 Å². The molecule has 0 radical (unpaired) electrons. The standard InChI is InChI=1S/C27H25N5O2/c1-31(2)18-14-12-17(13-15-18)25-23-24(30-27-28-16-29-32(25)27)19-8-4-7-11-22(19)34-26(23)20-9-5-6-10-21(20)33-3/h4-16,25-26H,1-3H3,(H,28,29,30)/t25-,26+/m1/s1. The van der Waals surface area contributed by atoms with Gasteiger partial charge < -0.3 is 19.7 Å². The first-order valence-electron chi connectivity index (χ1n) is 11.2. The Balaban J connectivity index is 1.61. The van der Waals surface area contributed by atoms with Gasteiger partial charge in [-0.25, -0.2) is 4.68 Å². The molecule has 170 valence electrons. The number of benzene rings is 3. The number of fused-ring (bicyclic) bond motifs is 3. The first-order valence-corrected chi connectivity index (χ1v) is 11.2. The molecule has 7 nitrogen and oxygen atoms in total. The molecule has 0 unspecified atom stereocenters. The summed E-state index contributed by atoms with van der Waals surface area (Å²) < 4.78 is 14.4. The molecule has 34 heavy (non-hydrogen) atoms. The molecule has 1 N–H and O–H groups in total. The fourth-order valence-electron chi connectivity index (χ4n) is 4.83. The number of anilines is 2. The third kappa shape index (κ3) is 3.12. The van der Waals surface area contributed by atoms with Crippen LogP contribution in [0.1, 0.15) is 28.8 Å². The summed E-state index contributed by atoms with van der Waals surface area (Å²) in [5.74, 6) is 2.31. The second kappa shape index (κ2) is 7.95. The summed E-state index contributed by atoms with van der Waals surface area (Å²) in [6.45, 7) is 0. The van der Waals surface area contributed by atoms with E-state index in [2.05, 4.69) is 56.7 Å². The SMILES string of the molecule is COc1ccccc1[C@@H]1Oc2ccccc2C2=C1[C@@H](c1ccc(N(C)C)cc1)n1ncnc1N2. The highest BCUT2D eigenvalue weighted by Gasteiger charge is 2.41. The zero-order chi connectivity index (χ0) is 23.2. The summed E-state index contributed by atoms with van der Waals surface area (Å²) in [4.78, 5) is 6.60. The number of ether oxygens (including phenoxy) is 2. The van der Waals surface area contributed by atoms with E-state index in [0.29, 0.717) is 5.95 Å². The zero-order valence-corrected chi connectivity index (χ0v) is 19.3. The van der Waals surface area contributed by atoms with Crippen molar-refractivity contribution in [1.82, 2.24) is 14.8 Å². The van der Waals surface area contributed by atoms with Crippen molar-refractivity contribution in [2.24, 2.45) is 0 Å². The maximum atomic E-state index is 6.69. The number of hydrogen-bond donors (Lipinski definition) is 1. The lowest BCUT2D eigenvalue weighted by Gasteiger charge is -2.39. The van der Waals surface area contributed by atoms with Gasteiger partial charge in [-0.3, -0.25) is 0 Å². The van der Waals surface area contributed by atoms with Gasteiger partial charge in [0.05, 0.1) is 12.8 Å². The van der Waals surface area contributed by atoms with Crippen molar-refractivity contribution in [3.63, 3.8) is 0 Å². The molecule has 2 atom stereocenters. The Kier molecular flexibility index (Phi) is 4.76. The van der Waals surface area contributed by atoms with Crippen molar-refractivity contribution in [3.05, 3.63) is 101 Å². The maximum absolute atomic E-state index is 6.69. The molecule has 2 aliphatic rings. The van der Waals surface area contributed by atoms with Gasteiger partial charge in [0.2, 0.25) is 5.95 Å². The minimum Gasteiger partial charge on any atom is -0.496 e. The molecule has 0 bridgehead atoms. The first kappa shape index (κ1) is 20.4. The third-order valence-electron chi connectivity index (χ3n) is 6.47. The van der Waals surface area contributed by atoms with Crippen molar-refractivity contribution >= 4 is 17.3 Å². The molecule has 0 aliphatic carbocycles. The fraction of sp³-hybridized carbons (Fsp3) is 0.185. The van der Waals surface area contributed by atoms with E-state index < -0.39 is 0 Å². The number of aromatic nitrogens is 3.